The highest BCUT2D eigenvalue weighted by molar-refractivity contribution is 5.78. The Labute approximate surface area is 112 Å². The first-order valence-corrected chi connectivity index (χ1v) is 7.21. The van der Waals surface area contributed by atoms with Crippen LogP contribution in [0.1, 0.15) is 53.9 Å². The molecule has 0 aliphatic heterocycles. The molecule has 0 bridgehead atoms. The molecule has 3 N–H and O–H groups in total. The van der Waals surface area contributed by atoms with E-state index in [1.807, 2.05) is 0 Å². The van der Waals surface area contributed by atoms with Gasteiger partial charge < -0.3 is 11.1 Å². The molecule has 0 heterocycles. The van der Waals surface area contributed by atoms with E-state index in [-0.39, 0.29) is 11.4 Å². The Hall–Kier alpha value is -0.610. The number of hydrogen-bond donors (Lipinski definition) is 2. The molecule has 4 heteroatoms. The van der Waals surface area contributed by atoms with Crippen LogP contribution < -0.4 is 11.1 Å². The molecule has 0 radical (unpaired) electrons. The third kappa shape index (κ3) is 4.94. The molecular weight excluding hydrogens is 226 g/mol. The summed E-state index contributed by atoms with van der Waals surface area (Å²) in [6.07, 6.45) is 2.92. The minimum absolute atomic E-state index is 0.0833. The molecule has 0 spiro atoms. The van der Waals surface area contributed by atoms with Gasteiger partial charge in [-0.15, -0.1) is 0 Å². The zero-order valence-electron chi connectivity index (χ0n) is 12.8. The predicted octanol–water partition coefficient (Wildman–Crippen LogP) is 1.74. The molecule has 0 aliphatic carbocycles. The monoisotopic (exact) mass is 257 g/mol. The number of carbonyl (C=O) groups excluding carboxylic acids is 1. The van der Waals surface area contributed by atoms with Crippen molar-refractivity contribution in [1.82, 2.24) is 10.2 Å². The maximum absolute atomic E-state index is 12.0. The highest BCUT2D eigenvalue weighted by Gasteiger charge is 2.29. The molecule has 1 atom stereocenters. The van der Waals surface area contributed by atoms with E-state index >= 15 is 0 Å². The number of amides is 1. The summed E-state index contributed by atoms with van der Waals surface area (Å²) in [5, 5.41) is 3.08. The van der Waals surface area contributed by atoms with Crippen molar-refractivity contribution in [2.45, 2.75) is 65.5 Å². The van der Waals surface area contributed by atoms with Gasteiger partial charge >= 0.3 is 0 Å². The van der Waals surface area contributed by atoms with E-state index in [1.165, 1.54) is 0 Å². The molecule has 0 fully saturated rings. The Bertz CT molecular complexity index is 235. The highest BCUT2D eigenvalue weighted by Crippen LogP contribution is 2.17. The zero-order valence-corrected chi connectivity index (χ0v) is 12.8. The molecule has 18 heavy (non-hydrogen) atoms. The van der Waals surface area contributed by atoms with Crippen LogP contribution in [0.5, 0.6) is 0 Å². The van der Waals surface area contributed by atoms with Gasteiger partial charge in [-0.25, -0.2) is 0 Å². The molecule has 0 saturated heterocycles. The summed E-state index contributed by atoms with van der Waals surface area (Å²) >= 11 is 0. The fourth-order valence-electron chi connectivity index (χ4n) is 2.12. The topological polar surface area (TPSA) is 58.4 Å². The summed E-state index contributed by atoms with van der Waals surface area (Å²) in [7, 11) is 0. The van der Waals surface area contributed by atoms with Crippen molar-refractivity contribution in [3.05, 3.63) is 0 Å². The summed E-state index contributed by atoms with van der Waals surface area (Å²) < 4.78 is 0. The lowest BCUT2D eigenvalue weighted by atomic mass is 9.96. The van der Waals surface area contributed by atoms with Crippen LogP contribution in [0, 0.1) is 0 Å². The second-order valence-electron chi connectivity index (χ2n) is 5.15. The second-order valence-corrected chi connectivity index (χ2v) is 5.15. The molecule has 0 aromatic rings. The van der Waals surface area contributed by atoms with Crippen molar-refractivity contribution in [3.8, 4) is 0 Å². The van der Waals surface area contributed by atoms with Gasteiger partial charge in [-0.05, 0) is 32.7 Å². The summed E-state index contributed by atoms with van der Waals surface area (Å²) in [6, 6.07) is 0.293. The van der Waals surface area contributed by atoms with Gasteiger partial charge in [0.15, 0.2) is 0 Å². The third-order valence-corrected chi connectivity index (χ3v) is 4.03. The molecule has 0 saturated carbocycles. The van der Waals surface area contributed by atoms with Gasteiger partial charge in [0.25, 0.3) is 0 Å². The maximum atomic E-state index is 12.0. The van der Waals surface area contributed by atoms with Gasteiger partial charge in [-0.2, -0.15) is 0 Å². The summed E-state index contributed by atoms with van der Waals surface area (Å²) in [4.78, 5) is 14.2. The normalized spacial score (nSPS) is 14.9. The SMILES string of the molecule is CCC(CC)NC(=O)CN(CC)C(C)(CC)CN. The number of hydrogen-bond acceptors (Lipinski definition) is 3. The first kappa shape index (κ1) is 17.4. The molecule has 0 rings (SSSR count). The van der Waals surface area contributed by atoms with E-state index in [4.69, 9.17) is 5.73 Å². The van der Waals surface area contributed by atoms with Crippen molar-refractivity contribution >= 4 is 5.91 Å². The Morgan fingerprint density at radius 3 is 2.17 bits per heavy atom. The minimum atomic E-state index is -0.0833. The first-order chi connectivity index (χ1) is 8.47. The maximum Gasteiger partial charge on any atom is 0.234 e. The van der Waals surface area contributed by atoms with Crippen LogP contribution in [0.3, 0.4) is 0 Å². The number of nitrogens with zero attached hydrogens (tertiary/aromatic N) is 1. The van der Waals surface area contributed by atoms with E-state index in [1.54, 1.807) is 0 Å². The quantitative estimate of drug-likeness (QED) is 0.661. The van der Waals surface area contributed by atoms with Crippen LogP contribution in [0.4, 0.5) is 0 Å². The third-order valence-electron chi connectivity index (χ3n) is 4.03. The minimum Gasteiger partial charge on any atom is -0.352 e. The lowest BCUT2D eigenvalue weighted by Gasteiger charge is -2.39. The smallest absolute Gasteiger partial charge is 0.234 e. The number of likely N-dealkylation sites (N-methyl/N-ethyl adjacent to an activating group) is 1. The Morgan fingerprint density at radius 2 is 1.83 bits per heavy atom. The van der Waals surface area contributed by atoms with Gasteiger partial charge in [-0.1, -0.05) is 27.7 Å². The molecule has 0 aromatic heterocycles. The zero-order chi connectivity index (χ0) is 14.2. The van der Waals surface area contributed by atoms with E-state index in [2.05, 4.69) is 44.8 Å². The number of nitrogens with two attached hydrogens (primary N) is 1. The van der Waals surface area contributed by atoms with E-state index in [0.717, 1.165) is 25.8 Å². The van der Waals surface area contributed by atoms with Crippen molar-refractivity contribution in [3.63, 3.8) is 0 Å². The largest absolute Gasteiger partial charge is 0.352 e. The van der Waals surface area contributed by atoms with Crippen LogP contribution >= 0.6 is 0 Å². The van der Waals surface area contributed by atoms with Crippen molar-refractivity contribution in [2.24, 2.45) is 5.73 Å². The van der Waals surface area contributed by atoms with Gasteiger partial charge in [-0.3, -0.25) is 9.69 Å². The van der Waals surface area contributed by atoms with Crippen molar-refractivity contribution in [2.75, 3.05) is 19.6 Å². The summed E-state index contributed by atoms with van der Waals surface area (Å²) in [5.74, 6) is 0.110. The van der Waals surface area contributed by atoms with Crippen molar-refractivity contribution in [1.29, 1.82) is 0 Å². The van der Waals surface area contributed by atoms with Crippen LogP contribution in [0.2, 0.25) is 0 Å². The van der Waals surface area contributed by atoms with Gasteiger partial charge in [0.2, 0.25) is 5.91 Å². The molecule has 108 valence electrons. The van der Waals surface area contributed by atoms with E-state index in [0.29, 0.717) is 19.1 Å². The highest BCUT2D eigenvalue weighted by atomic mass is 16.2. The molecule has 0 aromatic carbocycles. The standard InChI is InChI=1S/C14H31N3O/c1-6-12(7-2)16-13(18)10-17(9-4)14(5,8-3)11-15/h12H,6-11,15H2,1-5H3,(H,16,18). The average molecular weight is 257 g/mol. The fourth-order valence-corrected chi connectivity index (χ4v) is 2.12. The van der Waals surface area contributed by atoms with Crippen molar-refractivity contribution < 1.29 is 4.79 Å². The number of nitrogens with one attached hydrogen (secondary N) is 1. The first-order valence-electron chi connectivity index (χ1n) is 7.21. The molecule has 1 amide bonds. The Morgan fingerprint density at radius 1 is 1.28 bits per heavy atom. The Kier molecular flexibility index (Phi) is 8.20. The molecule has 1 unspecified atom stereocenters. The molecular formula is C14H31N3O. The van der Waals surface area contributed by atoms with E-state index in [9.17, 15) is 4.79 Å². The van der Waals surface area contributed by atoms with Crippen LogP contribution in [-0.2, 0) is 4.79 Å². The average Bonchev–Trinajstić information content (AvgIpc) is 2.41. The molecule has 4 nitrogen and oxygen atoms in total. The van der Waals surface area contributed by atoms with Gasteiger partial charge in [0, 0.05) is 18.1 Å². The summed E-state index contributed by atoms with van der Waals surface area (Å²) in [5.41, 5.74) is 5.77. The summed E-state index contributed by atoms with van der Waals surface area (Å²) in [6.45, 7) is 12.4. The second kappa shape index (κ2) is 8.48. The number of carbonyl (C=O) groups is 1. The number of rotatable bonds is 9. The van der Waals surface area contributed by atoms with Gasteiger partial charge in [0.05, 0.1) is 6.54 Å². The van der Waals surface area contributed by atoms with Crippen LogP contribution in [0.25, 0.3) is 0 Å². The lowest BCUT2D eigenvalue weighted by molar-refractivity contribution is -0.124. The predicted molar refractivity (Wildman–Crippen MR) is 77.5 cm³/mol. The fraction of sp³-hybridized carbons (Fsp3) is 0.929. The van der Waals surface area contributed by atoms with Crippen LogP contribution in [-0.4, -0.2) is 42.0 Å². The Balaban J connectivity index is 4.49. The molecule has 0 aliphatic rings. The van der Waals surface area contributed by atoms with E-state index < -0.39 is 0 Å². The van der Waals surface area contributed by atoms with Crippen LogP contribution in [0.15, 0.2) is 0 Å². The van der Waals surface area contributed by atoms with Gasteiger partial charge in [0.1, 0.15) is 0 Å². The lowest BCUT2D eigenvalue weighted by Crippen LogP contribution is -2.55.